The summed E-state index contributed by atoms with van der Waals surface area (Å²) in [5.74, 6) is -0.988. The van der Waals surface area contributed by atoms with Gasteiger partial charge in [0.25, 0.3) is 0 Å². The Balaban J connectivity index is 2.23. The number of aliphatic carboxylic acids is 1. The monoisotopic (exact) mass is 160 g/mol. The molecule has 0 saturated heterocycles. The van der Waals surface area contributed by atoms with E-state index in [4.69, 9.17) is 5.11 Å². The second-order valence-electron chi connectivity index (χ2n) is 3.19. The summed E-state index contributed by atoms with van der Waals surface area (Å²) >= 11 is 0. The number of alkyl halides is 1. The number of hydrogen-bond donors (Lipinski definition) is 1. The Labute approximate surface area is 65.4 Å². The third-order valence-electron chi connectivity index (χ3n) is 2.28. The minimum atomic E-state index is -1.64. The van der Waals surface area contributed by atoms with Crippen molar-refractivity contribution in [1.82, 2.24) is 0 Å². The first-order valence-corrected chi connectivity index (χ1v) is 4.07. The molecule has 1 fully saturated rings. The Hall–Kier alpha value is -0.600. The van der Waals surface area contributed by atoms with Crippen LogP contribution in [0, 0.1) is 5.92 Å². The standard InChI is InChI=1S/C8H13FO2/c9-7(8(10)11)5-6-3-1-2-4-6/h6-7H,1-5H2,(H,10,11)/t7-/m1/s1. The Morgan fingerprint density at radius 3 is 2.55 bits per heavy atom. The second-order valence-corrected chi connectivity index (χ2v) is 3.19. The van der Waals surface area contributed by atoms with E-state index in [0.29, 0.717) is 5.92 Å². The highest BCUT2D eigenvalue weighted by molar-refractivity contribution is 5.71. The van der Waals surface area contributed by atoms with Gasteiger partial charge in [-0.25, -0.2) is 9.18 Å². The lowest BCUT2D eigenvalue weighted by molar-refractivity contribution is -0.143. The molecular weight excluding hydrogens is 147 g/mol. The molecule has 1 rings (SSSR count). The second kappa shape index (κ2) is 3.69. The molecule has 0 aliphatic heterocycles. The molecule has 1 aliphatic carbocycles. The fourth-order valence-corrected chi connectivity index (χ4v) is 1.64. The highest BCUT2D eigenvalue weighted by Crippen LogP contribution is 2.29. The number of carbonyl (C=O) groups is 1. The van der Waals surface area contributed by atoms with Gasteiger partial charge in [0.15, 0.2) is 6.17 Å². The fourth-order valence-electron chi connectivity index (χ4n) is 1.64. The van der Waals surface area contributed by atoms with Crippen molar-refractivity contribution in [3.8, 4) is 0 Å². The zero-order chi connectivity index (χ0) is 8.27. The number of hydrogen-bond acceptors (Lipinski definition) is 1. The first-order valence-electron chi connectivity index (χ1n) is 4.07. The summed E-state index contributed by atoms with van der Waals surface area (Å²) in [6, 6.07) is 0. The lowest BCUT2D eigenvalue weighted by Crippen LogP contribution is -2.17. The maximum Gasteiger partial charge on any atom is 0.338 e. The van der Waals surface area contributed by atoms with E-state index in [-0.39, 0.29) is 6.42 Å². The van der Waals surface area contributed by atoms with Gasteiger partial charge in [-0.15, -0.1) is 0 Å². The molecule has 0 bridgehead atoms. The zero-order valence-corrected chi connectivity index (χ0v) is 6.42. The van der Waals surface area contributed by atoms with Gasteiger partial charge in [0.1, 0.15) is 0 Å². The van der Waals surface area contributed by atoms with Crippen LogP contribution in [0.25, 0.3) is 0 Å². The van der Waals surface area contributed by atoms with Crippen LogP contribution >= 0.6 is 0 Å². The third kappa shape index (κ3) is 2.48. The summed E-state index contributed by atoms with van der Waals surface area (Å²) < 4.78 is 12.6. The van der Waals surface area contributed by atoms with Gasteiger partial charge in [-0.05, 0) is 12.3 Å². The van der Waals surface area contributed by atoms with Crippen LogP contribution in [-0.4, -0.2) is 17.2 Å². The maximum atomic E-state index is 12.6. The summed E-state index contributed by atoms with van der Waals surface area (Å²) in [4.78, 5) is 10.1. The molecule has 0 aromatic carbocycles. The largest absolute Gasteiger partial charge is 0.479 e. The van der Waals surface area contributed by atoms with Gasteiger partial charge in [0.2, 0.25) is 0 Å². The van der Waals surface area contributed by atoms with E-state index in [0.717, 1.165) is 25.7 Å². The Morgan fingerprint density at radius 2 is 2.09 bits per heavy atom. The van der Waals surface area contributed by atoms with E-state index in [1.807, 2.05) is 0 Å². The Bertz CT molecular complexity index is 141. The van der Waals surface area contributed by atoms with E-state index in [2.05, 4.69) is 0 Å². The summed E-state index contributed by atoms with van der Waals surface area (Å²) in [5.41, 5.74) is 0. The van der Waals surface area contributed by atoms with Crippen LogP contribution in [0.5, 0.6) is 0 Å². The molecule has 0 aromatic heterocycles. The molecule has 3 heteroatoms. The van der Waals surface area contributed by atoms with Gasteiger partial charge < -0.3 is 5.11 Å². The normalized spacial score (nSPS) is 21.9. The van der Waals surface area contributed by atoms with Crippen LogP contribution in [0.3, 0.4) is 0 Å². The summed E-state index contributed by atoms with van der Waals surface area (Å²) in [6.45, 7) is 0. The van der Waals surface area contributed by atoms with E-state index in [1.165, 1.54) is 0 Å². The number of carboxylic acid groups (broad SMARTS) is 1. The minimum Gasteiger partial charge on any atom is -0.479 e. The van der Waals surface area contributed by atoms with Crippen molar-refractivity contribution in [3.63, 3.8) is 0 Å². The lowest BCUT2D eigenvalue weighted by Gasteiger charge is -2.08. The smallest absolute Gasteiger partial charge is 0.338 e. The highest BCUT2D eigenvalue weighted by Gasteiger charge is 2.23. The topological polar surface area (TPSA) is 37.3 Å². The van der Waals surface area contributed by atoms with Gasteiger partial charge in [0, 0.05) is 0 Å². The molecular formula is C8H13FO2. The van der Waals surface area contributed by atoms with Crippen molar-refractivity contribution in [2.45, 2.75) is 38.3 Å². The molecule has 0 unspecified atom stereocenters. The van der Waals surface area contributed by atoms with Crippen LogP contribution in [0.4, 0.5) is 4.39 Å². The van der Waals surface area contributed by atoms with Crippen LogP contribution in [-0.2, 0) is 4.79 Å². The van der Waals surface area contributed by atoms with Gasteiger partial charge >= 0.3 is 5.97 Å². The quantitative estimate of drug-likeness (QED) is 0.685. The van der Waals surface area contributed by atoms with Gasteiger partial charge in [-0.2, -0.15) is 0 Å². The summed E-state index contributed by atoms with van der Waals surface area (Å²) in [5, 5.41) is 8.27. The van der Waals surface area contributed by atoms with Gasteiger partial charge in [-0.3, -0.25) is 0 Å². The van der Waals surface area contributed by atoms with Crippen molar-refractivity contribution in [3.05, 3.63) is 0 Å². The SMILES string of the molecule is O=C(O)[C@H](F)CC1CCCC1. The van der Waals surface area contributed by atoms with Gasteiger partial charge in [-0.1, -0.05) is 25.7 Å². The number of carboxylic acids is 1. The molecule has 1 saturated carbocycles. The molecule has 0 spiro atoms. The molecule has 0 aromatic rings. The molecule has 1 atom stereocenters. The van der Waals surface area contributed by atoms with E-state index >= 15 is 0 Å². The highest BCUT2D eigenvalue weighted by atomic mass is 19.1. The fraction of sp³-hybridized carbons (Fsp3) is 0.875. The van der Waals surface area contributed by atoms with Crippen LogP contribution < -0.4 is 0 Å². The van der Waals surface area contributed by atoms with Crippen molar-refractivity contribution >= 4 is 5.97 Å². The molecule has 0 heterocycles. The Kier molecular flexibility index (Phi) is 2.85. The molecule has 2 nitrogen and oxygen atoms in total. The van der Waals surface area contributed by atoms with Crippen molar-refractivity contribution in [2.24, 2.45) is 5.92 Å². The minimum absolute atomic E-state index is 0.218. The number of halogens is 1. The molecule has 64 valence electrons. The lowest BCUT2D eigenvalue weighted by atomic mass is 10.0. The molecule has 1 N–H and O–H groups in total. The average Bonchev–Trinajstić information content (AvgIpc) is 2.39. The van der Waals surface area contributed by atoms with Crippen molar-refractivity contribution in [1.29, 1.82) is 0 Å². The molecule has 0 radical (unpaired) electrons. The van der Waals surface area contributed by atoms with E-state index in [1.54, 1.807) is 0 Å². The first kappa shape index (κ1) is 8.50. The van der Waals surface area contributed by atoms with Crippen LogP contribution in [0.2, 0.25) is 0 Å². The van der Waals surface area contributed by atoms with E-state index in [9.17, 15) is 9.18 Å². The number of rotatable bonds is 3. The average molecular weight is 160 g/mol. The predicted molar refractivity (Wildman–Crippen MR) is 39.1 cm³/mol. The first-order chi connectivity index (χ1) is 5.20. The predicted octanol–water partition coefficient (Wildman–Crippen LogP) is 1.99. The summed E-state index contributed by atoms with van der Waals surface area (Å²) in [7, 11) is 0. The van der Waals surface area contributed by atoms with Gasteiger partial charge in [0.05, 0.1) is 0 Å². The zero-order valence-electron chi connectivity index (χ0n) is 6.42. The van der Waals surface area contributed by atoms with Crippen molar-refractivity contribution in [2.75, 3.05) is 0 Å². The van der Waals surface area contributed by atoms with Crippen LogP contribution in [0.1, 0.15) is 32.1 Å². The summed E-state index contributed by atoms with van der Waals surface area (Å²) in [6.07, 6.45) is 2.86. The maximum absolute atomic E-state index is 12.6. The molecule has 0 amide bonds. The van der Waals surface area contributed by atoms with Crippen LogP contribution in [0.15, 0.2) is 0 Å². The van der Waals surface area contributed by atoms with E-state index < -0.39 is 12.1 Å². The third-order valence-corrected chi connectivity index (χ3v) is 2.28. The molecule has 11 heavy (non-hydrogen) atoms. The van der Waals surface area contributed by atoms with Crippen molar-refractivity contribution < 1.29 is 14.3 Å². The molecule has 1 aliphatic rings. The Morgan fingerprint density at radius 1 is 1.55 bits per heavy atom.